The number of pyridine rings is 1. The Morgan fingerprint density at radius 3 is 2.68 bits per heavy atom. The van der Waals surface area contributed by atoms with Gasteiger partial charge in [-0.1, -0.05) is 6.07 Å². The first kappa shape index (κ1) is 18.0. The fourth-order valence-corrected chi connectivity index (χ4v) is 3.19. The summed E-state index contributed by atoms with van der Waals surface area (Å²) in [5.74, 6) is 1.36. The van der Waals surface area contributed by atoms with Gasteiger partial charge in [0.25, 0.3) is 5.91 Å². The summed E-state index contributed by atoms with van der Waals surface area (Å²) in [7, 11) is 1.90. The lowest BCUT2D eigenvalue weighted by Gasteiger charge is -2.24. The van der Waals surface area contributed by atoms with Crippen LogP contribution in [0.5, 0.6) is 11.5 Å². The first-order chi connectivity index (χ1) is 13.6. The fraction of sp³-hybridized carbons (Fsp3) is 0.286. The van der Waals surface area contributed by atoms with E-state index in [2.05, 4.69) is 10.1 Å². The van der Waals surface area contributed by atoms with Gasteiger partial charge in [0.2, 0.25) is 0 Å². The largest absolute Gasteiger partial charge is 0.486 e. The maximum atomic E-state index is 13.1. The molecule has 0 fully saturated rings. The van der Waals surface area contributed by atoms with Crippen LogP contribution in [0.15, 0.2) is 48.8 Å². The lowest BCUT2D eigenvalue weighted by molar-refractivity contribution is 0.0726. The van der Waals surface area contributed by atoms with E-state index in [1.807, 2.05) is 42.9 Å². The molecule has 0 spiro atoms. The molecule has 0 unspecified atom stereocenters. The molecule has 7 heteroatoms. The van der Waals surface area contributed by atoms with Gasteiger partial charge in [-0.25, -0.2) is 0 Å². The van der Waals surface area contributed by atoms with E-state index >= 15 is 0 Å². The van der Waals surface area contributed by atoms with Crippen LogP contribution in [-0.2, 0) is 20.1 Å². The predicted octanol–water partition coefficient (Wildman–Crippen LogP) is 2.74. The minimum absolute atomic E-state index is 0.0914. The molecule has 1 aliphatic heterocycles. The van der Waals surface area contributed by atoms with Crippen molar-refractivity contribution in [1.82, 2.24) is 19.7 Å². The van der Waals surface area contributed by atoms with Crippen LogP contribution in [-0.4, -0.2) is 38.8 Å². The highest BCUT2D eigenvalue weighted by Crippen LogP contribution is 2.31. The van der Waals surface area contributed by atoms with E-state index in [9.17, 15) is 4.79 Å². The number of ether oxygens (including phenoxy) is 2. The average molecular weight is 378 g/mol. The van der Waals surface area contributed by atoms with E-state index in [-0.39, 0.29) is 5.91 Å². The highest BCUT2D eigenvalue weighted by molar-refractivity contribution is 5.93. The molecule has 1 amide bonds. The quantitative estimate of drug-likeness (QED) is 0.683. The maximum absolute atomic E-state index is 13.1. The summed E-state index contributed by atoms with van der Waals surface area (Å²) in [5.41, 5.74) is 3.40. The van der Waals surface area contributed by atoms with Crippen molar-refractivity contribution in [2.45, 2.75) is 20.0 Å². The topological polar surface area (TPSA) is 69.5 Å². The van der Waals surface area contributed by atoms with Crippen molar-refractivity contribution in [3.63, 3.8) is 0 Å². The fourth-order valence-electron chi connectivity index (χ4n) is 3.19. The van der Waals surface area contributed by atoms with Crippen LogP contribution in [0.4, 0.5) is 0 Å². The summed E-state index contributed by atoms with van der Waals surface area (Å²) in [6.07, 6.45) is 3.24. The molecule has 28 heavy (non-hydrogen) atoms. The predicted molar refractivity (Wildman–Crippen MR) is 103 cm³/mol. The molecule has 4 rings (SSSR count). The lowest BCUT2D eigenvalue weighted by atomic mass is 10.1. The van der Waals surface area contributed by atoms with Gasteiger partial charge in [0, 0.05) is 31.7 Å². The average Bonchev–Trinajstić information content (AvgIpc) is 3.04. The van der Waals surface area contributed by atoms with Gasteiger partial charge in [0.05, 0.1) is 17.8 Å². The van der Waals surface area contributed by atoms with Crippen LogP contribution in [0.3, 0.4) is 0 Å². The summed E-state index contributed by atoms with van der Waals surface area (Å²) in [6.45, 7) is 3.91. The van der Waals surface area contributed by atoms with Gasteiger partial charge >= 0.3 is 0 Å². The van der Waals surface area contributed by atoms with E-state index in [1.165, 1.54) is 0 Å². The van der Waals surface area contributed by atoms with E-state index in [1.54, 1.807) is 29.4 Å². The zero-order valence-corrected chi connectivity index (χ0v) is 16.0. The van der Waals surface area contributed by atoms with Crippen molar-refractivity contribution in [3.05, 3.63) is 71.3 Å². The van der Waals surface area contributed by atoms with E-state index in [0.717, 1.165) is 22.7 Å². The number of nitrogens with zero attached hydrogens (tertiary/aromatic N) is 4. The number of rotatable bonds is 5. The van der Waals surface area contributed by atoms with Crippen molar-refractivity contribution in [1.29, 1.82) is 0 Å². The number of aromatic nitrogens is 3. The summed E-state index contributed by atoms with van der Waals surface area (Å²) >= 11 is 0. The van der Waals surface area contributed by atoms with Crippen molar-refractivity contribution < 1.29 is 14.3 Å². The van der Waals surface area contributed by atoms with Crippen LogP contribution in [0.25, 0.3) is 0 Å². The van der Waals surface area contributed by atoms with Crippen LogP contribution in [0.1, 0.15) is 27.3 Å². The Bertz CT molecular complexity index is 965. The van der Waals surface area contributed by atoms with Crippen LogP contribution in [0, 0.1) is 6.92 Å². The van der Waals surface area contributed by atoms with Gasteiger partial charge < -0.3 is 14.4 Å². The van der Waals surface area contributed by atoms with Crippen LogP contribution in [0.2, 0.25) is 0 Å². The molecule has 0 bridgehead atoms. The van der Waals surface area contributed by atoms with Gasteiger partial charge in [-0.2, -0.15) is 5.10 Å². The van der Waals surface area contributed by atoms with Gasteiger partial charge in [-0.05, 0) is 42.8 Å². The SMILES string of the molecule is Cc1cc(CN(Cc2ccc3c(c2)OCCO3)C(=O)c2cccnc2)nn1C. The number of benzene rings is 1. The molecule has 0 atom stereocenters. The second-order valence-electron chi connectivity index (χ2n) is 6.78. The number of carbonyl (C=O) groups is 1. The molecule has 2 aromatic heterocycles. The van der Waals surface area contributed by atoms with Crippen molar-refractivity contribution in [2.24, 2.45) is 7.05 Å². The van der Waals surface area contributed by atoms with Gasteiger partial charge in [0.15, 0.2) is 11.5 Å². The third-order valence-corrected chi connectivity index (χ3v) is 4.69. The standard InChI is InChI=1S/C21H22N4O3/c1-15-10-18(23-24(15)2)14-25(21(26)17-4-3-7-22-12-17)13-16-5-6-19-20(11-16)28-9-8-27-19/h3-7,10-12H,8-9,13-14H2,1-2H3. The smallest absolute Gasteiger partial charge is 0.256 e. The van der Waals surface area contributed by atoms with E-state index in [4.69, 9.17) is 9.47 Å². The first-order valence-corrected chi connectivity index (χ1v) is 9.17. The highest BCUT2D eigenvalue weighted by Gasteiger charge is 2.20. The third kappa shape index (κ3) is 3.83. The second-order valence-corrected chi connectivity index (χ2v) is 6.78. The Hall–Kier alpha value is -3.35. The number of hydrogen-bond donors (Lipinski definition) is 0. The maximum Gasteiger partial charge on any atom is 0.256 e. The molecule has 144 valence electrons. The Morgan fingerprint density at radius 1 is 1.14 bits per heavy atom. The van der Waals surface area contributed by atoms with Crippen molar-refractivity contribution in [3.8, 4) is 11.5 Å². The molecule has 0 radical (unpaired) electrons. The number of amides is 1. The highest BCUT2D eigenvalue weighted by atomic mass is 16.6. The van der Waals surface area contributed by atoms with Crippen molar-refractivity contribution in [2.75, 3.05) is 13.2 Å². The molecule has 0 saturated carbocycles. The summed E-state index contributed by atoms with van der Waals surface area (Å²) in [4.78, 5) is 19.0. The molecule has 1 aromatic carbocycles. The molecular weight excluding hydrogens is 356 g/mol. The van der Waals surface area contributed by atoms with Crippen LogP contribution >= 0.6 is 0 Å². The zero-order valence-electron chi connectivity index (χ0n) is 16.0. The normalized spacial score (nSPS) is 12.6. The number of hydrogen-bond acceptors (Lipinski definition) is 5. The first-order valence-electron chi connectivity index (χ1n) is 9.17. The molecule has 1 aliphatic rings. The van der Waals surface area contributed by atoms with Crippen LogP contribution < -0.4 is 9.47 Å². The lowest BCUT2D eigenvalue weighted by Crippen LogP contribution is -2.30. The Balaban J connectivity index is 1.61. The van der Waals surface area contributed by atoms with E-state index < -0.39 is 0 Å². The molecular formula is C21H22N4O3. The van der Waals surface area contributed by atoms with Gasteiger partial charge in [0.1, 0.15) is 13.2 Å². The monoisotopic (exact) mass is 378 g/mol. The summed E-state index contributed by atoms with van der Waals surface area (Å²) < 4.78 is 13.1. The molecule has 0 N–H and O–H groups in total. The molecule has 3 heterocycles. The minimum atomic E-state index is -0.0914. The van der Waals surface area contributed by atoms with Crippen molar-refractivity contribution >= 4 is 5.91 Å². The Kier molecular flexibility index (Phi) is 4.97. The molecule has 0 saturated heterocycles. The summed E-state index contributed by atoms with van der Waals surface area (Å²) in [6, 6.07) is 11.3. The number of fused-ring (bicyclic) bond motifs is 1. The Labute approximate surface area is 163 Å². The summed E-state index contributed by atoms with van der Waals surface area (Å²) in [5, 5.41) is 4.50. The van der Waals surface area contributed by atoms with E-state index in [0.29, 0.717) is 37.6 Å². The zero-order chi connectivity index (χ0) is 19.5. The second kappa shape index (κ2) is 7.72. The number of aryl methyl sites for hydroxylation is 2. The molecule has 3 aromatic rings. The Morgan fingerprint density at radius 2 is 1.96 bits per heavy atom. The minimum Gasteiger partial charge on any atom is -0.486 e. The number of carbonyl (C=O) groups excluding carboxylic acids is 1. The third-order valence-electron chi connectivity index (χ3n) is 4.69. The van der Waals surface area contributed by atoms with Gasteiger partial charge in [-0.3, -0.25) is 14.5 Å². The molecule has 7 nitrogen and oxygen atoms in total. The van der Waals surface area contributed by atoms with Gasteiger partial charge in [-0.15, -0.1) is 0 Å². The molecule has 0 aliphatic carbocycles.